The topological polar surface area (TPSA) is 73.7 Å². The SMILES string of the molecule is CCN(Cc1cccc2c1OCCO2)C(=O)Cn1nc(-c2ccccc2)ccc1=O. The van der Waals surface area contributed by atoms with Gasteiger partial charge in [0, 0.05) is 30.3 Å². The largest absolute Gasteiger partial charge is 0.486 e. The van der Waals surface area contributed by atoms with Gasteiger partial charge in [-0.2, -0.15) is 5.10 Å². The van der Waals surface area contributed by atoms with Crippen LogP contribution in [0.1, 0.15) is 12.5 Å². The Hall–Kier alpha value is -3.61. The number of fused-ring (bicyclic) bond motifs is 1. The minimum atomic E-state index is -0.312. The molecule has 1 aliphatic rings. The number of ether oxygens (including phenoxy) is 2. The van der Waals surface area contributed by atoms with E-state index in [0.29, 0.717) is 43.5 Å². The van der Waals surface area contributed by atoms with Gasteiger partial charge in [0.1, 0.15) is 19.8 Å². The van der Waals surface area contributed by atoms with Crippen molar-refractivity contribution in [1.82, 2.24) is 14.7 Å². The minimum Gasteiger partial charge on any atom is -0.486 e. The highest BCUT2D eigenvalue weighted by molar-refractivity contribution is 5.76. The Balaban J connectivity index is 1.54. The normalized spacial score (nSPS) is 12.4. The Bertz CT molecular complexity index is 1100. The van der Waals surface area contributed by atoms with E-state index >= 15 is 0 Å². The number of rotatable bonds is 6. The van der Waals surface area contributed by atoms with Crippen LogP contribution in [0.2, 0.25) is 0 Å². The summed E-state index contributed by atoms with van der Waals surface area (Å²) < 4.78 is 12.6. The lowest BCUT2D eigenvalue weighted by atomic mass is 10.1. The molecule has 3 aromatic rings. The van der Waals surface area contributed by atoms with Crippen LogP contribution in [0.3, 0.4) is 0 Å². The second kappa shape index (κ2) is 8.82. The quantitative estimate of drug-likeness (QED) is 0.631. The number of amides is 1. The van der Waals surface area contributed by atoms with Crippen LogP contribution in [-0.2, 0) is 17.9 Å². The molecule has 1 aromatic heterocycles. The molecule has 0 aliphatic carbocycles. The molecule has 2 heterocycles. The van der Waals surface area contributed by atoms with Gasteiger partial charge in [0.25, 0.3) is 5.56 Å². The van der Waals surface area contributed by atoms with Crippen molar-refractivity contribution in [2.24, 2.45) is 0 Å². The first-order valence-corrected chi connectivity index (χ1v) is 9.94. The van der Waals surface area contributed by atoms with Gasteiger partial charge in [-0.05, 0) is 19.1 Å². The summed E-state index contributed by atoms with van der Waals surface area (Å²) >= 11 is 0. The van der Waals surface area contributed by atoms with E-state index in [-0.39, 0.29) is 18.0 Å². The molecule has 7 nitrogen and oxygen atoms in total. The lowest BCUT2D eigenvalue weighted by Gasteiger charge is -2.25. The number of hydrogen-bond donors (Lipinski definition) is 0. The van der Waals surface area contributed by atoms with Crippen molar-refractivity contribution in [2.75, 3.05) is 19.8 Å². The van der Waals surface area contributed by atoms with E-state index in [1.54, 1.807) is 11.0 Å². The number of benzene rings is 2. The Labute approximate surface area is 174 Å². The molecule has 0 radical (unpaired) electrons. The predicted octanol–water partition coefficient (Wildman–Crippen LogP) is 2.73. The summed E-state index contributed by atoms with van der Waals surface area (Å²) in [4.78, 5) is 26.9. The molecule has 0 fully saturated rings. The van der Waals surface area contributed by atoms with E-state index in [1.807, 2.05) is 55.5 Å². The number of likely N-dealkylation sites (N-methyl/N-ethyl adjacent to an activating group) is 1. The van der Waals surface area contributed by atoms with Crippen molar-refractivity contribution in [2.45, 2.75) is 20.0 Å². The first-order chi connectivity index (χ1) is 14.7. The van der Waals surface area contributed by atoms with Crippen molar-refractivity contribution < 1.29 is 14.3 Å². The molecule has 0 spiro atoms. The third-order valence-corrected chi connectivity index (χ3v) is 4.96. The second-order valence-electron chi connectivity index (χ2n) is 6.93. The molecule has 7 heteroatoms. The van der Waals surface area contributed by atoms with Crippen LogP contribution in [0, 0.1) is 0 Å². The molecule has 0 atom stereocenters. The van der Waals surface area contributed by atoms with Crippen LogP contribution < -0.4 is 15.0 Å². The Morgan fingerprint density at radius 1 is 1.03 bits per heavy atom. The maximum absolute atomic E-state index is 13.0. The monoisotopic (exact) mass is 405 g/mol. The predicted molar refractivity (Wildman–Crippen MR) is 112 cm³/mol. The number of hydrogen-bond acceptors (Lipinski definition) is 5. The van der Waals surface area contributed by atoms with Gasteiger partial charge in [0.05, 0.1) is 5.69 Å². The molecular formula is C23H23N3O4. The summed E-state index contributed by atoms with van der Waals surface area (Å²) in [5.74, 6) is 1.18. The van der Waals surface area contributed by atoms with Crippen molar-refractivity contribution in [3.05, 3.63) is 76.6 Å². The summed E-state index contributed by atoms with van der Waals surface area (Å²) in [6, 6.07) is 18.3. The fourth-order valence-corrected chi connectivity index (χ4v) is 3.39. The van der Waals surface area contributed by atoms with E-state index in [2.05, 4.69) is 5.10 Å². The minimum absolute atomic E-state index is 0.125. The molecule has 4 rings (SSSR count). The number of aromatic nitrogens is 2. The standard InChI is InChI=1S/C23H23N3O4/c1-2-25(15-18-9-6-10-20-23(18)30-14-13-29-20)22(28)16-26-21(27)12-11-19(24-26)17-7-4-3-5-8-17/h3-12H,2,13-16H2,1H3. The molecule has 0 saturated heterocycles. The molecule has 0 unspecified atom stereocenters. The zero-order chi connectivity index (χ0) is 20.9. The smallest absolute Gasteiger partial charge is 0.267 e. The van der Waals surface area contributed by atoms with E-state index in [4.69, 9.17) is 9.47 Å². The maximum Gasteiger partial charge on any atom is 0.267 e. The van der Waals surface area contributed by atoms with Crippen molar-refractivity contribution in [1.29, 1.82) is 0 Å². The van der Waals surface area contributed by atoms with Crippen LogP contribution in [0.5, 0.6) is 11.5 Å². The lowest BCUT2D eigenvalue weighted by Crippen LogP contribution is -2.37. The summed E-state index contributed by atoms with van der Waals surface area (Å²) in [5, 5.41) is 4.39. The van der Waals surface area contributed by atoms with Gasteiger partial charge in [-0.3, -0.25) is 9.59 Å². The Kier molecular flexibility index (Phi) is 5.79. The van der Waals surface area contributed by atoms with Gasteiger partial charge in [0.15, 0.2) is 11.5 Å². The average Bonchev–Trinajstić information content (AvgIpc) is 2.79. The third-order valence-electron chi connectivity index (χ3n) is 4.96. The first-order valence-electron chi connectivity index (χ1n) is 9.94. The second-order valence-corrected chi connectivity index (χ2v) is 6.93. The van der Waals surface area contributed by atoms with Gasteiger partial charge >= 0.3 is 0 Å². The van der Waals surface area contributed by atoms with Gasteiger partial charge < -0.3 is 14.4 Å². The van der Waals surface area contributed by atoms with E-state index < -0.39 is 0 Å². The number of carbonyl (C=O) groups is 1. The molecular weight excluding hydrogens is 382 g/mol. The van der Waals surface area contributed by atoms with E-state index in [9.17, 15) is 9.59 Å². The highest BCUT2D eigenvalue weighted by atomic mass is 16.6. The summed E-state index contributed by atoms with van der Waals surface area (Å²) in [6.45, 7) is 3.64. The zero-order valence-electron chi connectivity index (χ0n) is 16.8. The molecule has 0 N–H and O–H groups in total. The van der Waals surface area contributed by atoms with E-state index in [1.165, 1.54) is 10.7 Å². The van der Waals surface area contributed by atoms with Crippen molar-refractivity contribution in [3.8, 4) is 22.8 Å². The zero-order valence-corrected chi connectivity index (χ0v) is 16.8. The molecule has 30 heavy (non-hydrogen) atoms. The molecule has 1 aliphatic heterocycles. The molecule has 0 saturated carbocycles. The van der Waals surface area contributed by atoms with Gasteiger partial charge in [-0.15, -0.1) is 0 Å². The fourth-order valence-electron chi connectivity index (χ4n) is 3.39. The van der Waals surface area contributed by atoms with Gasteiger partial charge in [-0.25, -0.2) is 4.68 Å². The molecule has 1 amide bonds. The van der Waals surface area contributed by atoms with Crippen LogP contribution in [0.25, 0.3) is 11.3 Å². The molecule has 154 valence electrons. The third kappa shape index (κ3) is 4.20. The molecule has 0 bridgehead atoms. The van der Waals surface area contributed by atoms with Crippen LogP contribution in [0.4, 0.5) is 0 Å². The van der Waals surface area contributed by atoms with Crippen molar-refractivity contribution >= 4 is 5.91 Å². The first kappa shape index (κ1) is 19.7. The highest BCUT2D eigenvalue weighted by Gasteiger charge is 2.20. The maximum atomic E-state index is 13.0. The lowest BCUT2D eigenvalue weighted by molar-refractivity contribution is -0.132. The van der Waals surface area contributed by atoms with Crippen LogP contribution in [-0.4, -0.2) is 40.3 Å². The van der Waals surface area contributed by atoms with Crippen LogP contribution >= 0.6 is 0 Å². The molecule has 2 aromatic carbocycles. The average molecular weight is 405 g/mol. The summed E-state index contributed by atoms with van der Waals surface area (Å²) in [6.07, 6.45) is 0. The fraction of sp³-hybridized carbons (Fsp3) is 0.261. The summed E-state index contributed by atoms with van der Waals surface area (Å²) in [5.41, 5.74) is 2.10. The van der Waals surface area contributed by atoms with Gasteiger partial charge in [0.2, 0.25) is 5.91 Å². The van der Waals surface area contributed by atoms with Crippen molar-refractivity contribution in [3.63, 3.8) is 0 Å². The number of carbonyl (C=O) groups excluding carboxylic acids is 1. The summed E-state index contributed by atoms with van der Waals surface area (Å²) in [7, 11) is 0. The highest BCUT2D eigenvalue weighted by Crippen LogP contribution is 2.34. The van der Waals surface area contributed by atoms with Crippen LogP contribution in [0.15, 0.2) is 65.5 Å². The van der Waals surface area contributed by atoms with Gasteiger partial charge in [-0.1, -0.05) is 42.5 Å². The van der Waals surface area contributed by atoms with E-state index in [0.717, 1.165) is 11.1 Å². The Morgan fingerprint density at radius 2 is 1.83 bits per heavy atom. The Morgan fingerprint density at radius 3 is 2.63 bits per heavy atom. The number of nitrogens with zero attached hydrogens (tertiary/aromatic N) is 3. The number of para-hydroxylation sites is 1.